The molecule has 0 aliphatic rings. The fourth-order valence-corrected chi connectivity index (χ4v) is 2.01. The summed E-state index contributed by atoms with van der Waals surface area (Å²) in [7, 11) is 0. The summed E-state index contributed by atoms with van der Waals surface area (Å²) in [5.74, 6) is 0.957. The van der Waals surface area contributed by atoms with E-state index in [2.05, 4.69) is 0 Å². The summed E-state index contributed by atoms with van der Waals surface area (Å²) in [6.45, 7) is 1.95. The van der Waals surface area contributed by atoms with Gasteiger partial charge in [-0.2, -0.15) is 0 Å². The van der Waals surface area contributed by atoms with E-state index in [1.54, 1.807) is 12.1 Å². The zero-order valence-electron chi connectivity index (χ0n) is 9.51. The number of hydrogen-bond acceptors (Lipinski definition) is 2. The second-order valence-electron chi connectivity index (χ2n) is 3.84. The van der Waals surface area contributed by atoms with Crippen LogP contribution in [0.4, 0.5) is 5.69 Å². The van der Waals surface area contributed by atoms with Gasteiger partial charge in [0.1, 0.15) is 5.75 Å². The summed E-state index contributed by atoms with van der Waals surface area (Å²) < 4.78 is 5.66. The van der Waals surface area contributed by atoms with Crippen LogP contribution in [0.1, 0.15) is 5.56 Å². The summed E-state index contributed by atoms with van der Waals surface area (Å²) in [6.07, 6.45) is 0. The first-order valence-electron chi connectivity index (χ1n) is 5.16. The number of anilines is 1. The molecule has 0 fully saturated rings. The first kappa shape index (κ1) is 13.3. The Morgan fingerprint density at radius 2 is 1.56 bits per heavy atom. The maximum Gasteiger partial charge on any atom is 0.150 e. The van der Waals surface area contributed by atoms with Crippen molar-refractivity contribution in [2.24, 2.45) is 0 Å². The van der Waals surface area contributed by atoms with E-state index in [0.29, 0.717) is 32.3 Å². The largest absolute Gasteiger partial charge is 0.454 e. The summed E-state index contributed by atoms with van der Waals surface area (Å²) in [5.41, 5.74) is 7.40. The van der Waals surface area contributed by atoms with Gasteiger partial charge < -0.3 is 10.5 Å². The Balaban J connectivity index is 2.40. The molecule has 0 saturated carbocycles. The van der Waals surface area contributed by atoms with Gasteiger partial charge >= 0.3 is 0 Å². The van der Waals surface area contributed by atoms with E-state index in [1.807, 2.05) is 19.1 Å². The van der Waals surface area contributed by atoms with Crippen molar-refractivity contribution in [1.82, 2.24) is 0 Å². The average Bonchev–Trinajstić information content (AvgIpc) is 2.30. The number of aryl methyl sites for hydroxylation is 1. The zero-order chi connectivity index (χ0) is 13.3. The molecule has 0 aliphatic heterocycles. The standard InChI is InChI=1S/C13H10Cl3NO/c1-7-2-3-11(17)13(4-7)18-12-6-9(15)8(14)5-10(12)16/h2-6H,17H2,1H3. The molecule has 94 valence electrons. The van der Waals surface area contributed by atoms with Crippen molar-refractivity contribution in [2.45, 2.75) is 6.92 Å². The highest BCUT2D eigenvalue weighted by Crippen LogP contribution is 2.37. The van der Waals surface area contributed by atoms with Crippen molar-refractivity contribution in [3.63, 3.8) is 0 Å². The van der Waals surface area contributed by atoms with Crippen LogP contribution in [0, 0.1) is 6.92 Å². The minimum absolute atomic E-state index is 0.377. The molecule has 0 saturated heterocycles. The molecule has 0 spiro atoms. The number of halogens is 3. The van der Waals surface area contributed by atoms with E-state index < -0.39 is 0 Å². The average molecular weight is 303 g/mol. The van der Waals surface area contributed by atoms with Crippen molar-refractivity contribution < 1.29 is 4.74 Å². The van der Waals surface area contributed by atoms with Gasteiger partial charge in [-0.15, -0.1) is 0 Å². The van der Waals surface area contributed by atoms with Crippen molar-refractivity contribution in [3.8, 4) is 11.5 Å². The molecule has 0 radical (unpaired) electrons. The number of rotatable bonds is 2. The second-order valence-corrected chi connectivity index (χ2v) is 5.06. The van der Waals surface area contributed by atoms with Crippen LogP contribution >= 0.6 is 34.8 Å². The third-order valence-corrected chi connectivity index (χ3v) is 3.38. The van der Waals surface area contributed by atoms with Gasteiger partial charge in [0.15, 0.2) is 5.75 Å². The lowest BCUT2D eigenvalue weighted by Gasteiger charge is -2.11. The zero-order valence-corrected chi connectivity index (χ0v) is 11.8. The summed E-state index contributed by atoms with van der Waals surface area (Å²) in [6, 6.07) is 8.60. The number of benzene rings is 2. The molecule has 0 unspecified atom stereocenters. The van der Waals surface area contributed by atoms with Crippen LogP contribution < -0.4 is 10.5 Å². The lowest BCUT2D eigenvalue weighted by Crippen LogP contribution is -1.93. The van der Waals surface area contributed by atoms with Crippen molar-refractivity contribution in [1.29, 1.82) is 0 Å². The molecule has 0 aliphatic carbocycles. The predicted molar refractivity (Wildman–Crippen MR) is 77.1 cm³/mol. The Morgan fingerprint density at radius 3 is 2.28 bits per heavy atom. The molecule has 2 nitrogen and oxygen atoms in total. The molecule has 0 aromatic heterocycles. The molecule has 18 heavy (non-hydrogen) atoms. The second kappa shape index (κ2) is 5.27. The number of nitrogen functional groups attached to an aromatic ring is 1. The summed E-state index contributed by atoms with van der Waals surface area (Å²) >= 11 is 17.8. The van der Waals surface area contributed by atoms with Gasteiger partial charge in [0.25, 0.3) is 0 Å². The van der Waals surface area contributed by atoms with Crippen LogP contribution in [0.25, 0.3) is 0 Å². The molecule has 2 N–H and O–H groups in total. The van der Waals surface area contributed by atoms with Gasteiger partial charge in [-0.25, -0.2) is 0 Å². The van der Waals surface area contributed by atoms with Crippen molar-refractivity contribution >= 4 is 40.5 Å². The highest BCUT2D eigenvalue weighted by molar-refractivity contribution is 6.43. The monoisotopic (exact) mass is 301 g/mol. The molecular formula is C13H10Cl3NO. The van der Waals surface area contributed by atoms with Crippen LogP contribution in [0.15, 0.2) is 30.3 Å². The highest BCUT2D eigenvalue weighted by Gasteiger charge is 2.10. The molecule has 2 aromatic carbocycles. The van der Waals surface area contributed by atoms with Gasteiger partial charge in [-0.05, 0) is 30.7 Å². The topological polar surface area (TPSA) is 35.2 Å². The number of ether oxygens (including phenoxy) is 1. The van der Waals surface area contributed by atoms with Crippen molar-refractivity contribution in [2.75, 3.05) is 5.73 Å². The van der Waals surface area contributed by atoms with Crippen LogP contribution in [0.5, 0.6) is 11.5 Å². The molecule has 0 atom stereocenters. The Kier molecular flexibility index (Phi) is 3.91. The van der Waals surface area contributed by atoms with Gasteiger partial charge in [0.2, 0.25) is 0 Å². The van der Waals surface area contributed by atoms with Crippen LogP contribution in [0.3, 0.4) is 0 Å². The Labute approximate surface area is 120 Å². The normalized spacial score (nSPS) is 10.4. The van der Waals surface area contributed by atoms with Crippen LogP contribution in [0.2, 0.25) is 15.1 Å². The van der Waals surface area contributed by atoms with E-state index in [4.69, 9.17) is 45.3 Å². The molecule has 5 heteroatoms. The van der Waals surface area contributed by atoms with Crippen LogP contribution in [-0.4, -0.2) is 0 Å². The van der Waals surface area contributed by atoms with E-state index in [1.165, 1.54) is 6.07 Å². The highest BCUT2D eigenvalue weighted by atomic mass is 35.5. The first-order chi connectivity index (χ1) is 8.47. The van der Waals surface area contributed by atoms with Gasteiger partial charge in [0.05, 0.1) is 20.8 Å². The van der Waals surface area contributed by atoms with Crippen molar-refractivity contribution in [3.05, 3.63) is 51.0 Å². The third-order valence-electron chi connectivity index (χ3n) is 2.36. The maximum absolute atomic E-state index is 6.03. The number of nitrogens with two attached hydrogens (primary N) is 1. The lowest BCUT2D eigenvalue weighted by atomic mass is 10.2. The summed E-state index contributed by atoms with van der Waals surface area (Å²) in [5, 5.41) is 1.14. The van der Waals surface area contributed by atoms with Gasteiger partial charge in [-0.3, -0.25) is 0 Å². The van der Waals surface area contributed by atoms with E-state index >= 15 is 0 Å². The minimum Gasteiger partial charge on any atom is -0.454 e. The van der Waals surface area contributed by atoms with E-state index in [9.17, 15) is 0 Å². The third kappa shape index (κ3) is 2.83. The molecule has 0 heterocycles. The smallest absolute Gasteiger partial charge is 0.150 e. The Hall–Kier alpha value is -1.09. The summed E-state index contributed by atoms with van der Waals surface area (Å²) in [4.78, 5) is 0. The Morgan fingerprint density at radius 1 is 0.889 bits per heavy atom. The maximum atomic E-state index is 6.03. The SMILES string of the molecule is Cc1ccc(N)c(Oc2cc(Cl)c(Cl)cc2Cl)c1. The molecular weight excluding hydrogens is 293 g/mol. The predicted octanol–water partition coefficient (Wildman–Crippen LogP) is 5.33. The minimum atomic E-state index is 0.377. The van der Waals surface area contributed by atoms with Gasteiger partial charge in [0, 0.05) is 6.07 Å². The fraction of sp³-hybridized carbons (Fsp3) is 0.0769. The molecule has 2 rings (SSSR count). The fourth-order valence-electron chi connectivity index (χ4n) is 1.43. The quantitative estimate of drug-likeness (QED) is 0.601. The molecule has 0 bridgehead atoms. The first-order valence-corrected chi connectivity index (χ1v) is 6.29. The Bertz CT molecular complexity index is 599. The van der Waals surface area contributed by atoms with Crippen LogP contribution in [-0.2, 0) is 0 Å². The van der Waals surface area contributed by atoms with E-state index in [-0.39, 0.29) is 0 Å². The molecule has 2 aromatic rings. The molecule has 0 amide bonds. The number of hydrogen-bond donors (Lipinski definition) is 1. The van der Waals surface area contributed by atoms with E-state index in [0.717, 1.165) is 5.56 Å². The van der Waals surface area contributed by atoms with Gasteiger partial charge in [-0.1, -0.05) is 40.9 Å². The lowest BCUT2D eigenvalue weighted by molar-refractivity contribution is 0.485.